The van der Waals surface area contributed by atoms with Gasteiger partial charge < -0.3 is 10.8 Å². The van der Waals surface area contributed by atoms with E-state index >= 15 is 0 Å². The summed E-state index contributed by atoms with van der Waals surface area (Å²) in [6, 6.07) is 3.94. The first-order valence-electron chi connectivity index (χ1n) is 4.07. The number of aromatic nitrogens is 1. The first kappa shape index (κ1) is 9.51. The van der Waals surface area contributed by atoms with Crippen LogP contribution in [0.3, 0.4) is 0 Å². The van der Waals surface area contributed by atoms with Gasteiger partial charge >= 0.3 is 0 Å². The Morgan fingerprint density at radius 1 is 1.54 bits per heavy atom. The van der Waals surface area contributed by atoms with Crippen molar-refractivity contribution in [1.82, 2.24) is 4.98 Å². The normalized spacial score (nSPS) is 14.2. The van der Waals surface area contributed by atoms with Gasteiger partial charge in [-0.05, 0) is 25.0 Å². The maximum Gasteiger partial charge on any atom is 0.290 e. The summed E-state index contributed by atoms with van der Waals surface area (Å²) in [6.07, 6.45) is 4.33. The maximum atomic E-state index is 8.36. The summed E-state index contributed by atoms with van der Waals surface area (Å²) >= 11 is 0. The maximum absolute atomic E-state index is 8.36. The molecule has 4 nitrogen and oxygen atoms in total. The molecule has 3 N–H and O–H groups in total. The molecule has 1 aromatic rings. The monoisotopic (exact) mass is 180 g/mol. The van der Waals surface area contributed by atoms with E-state index in [0.29, 0.717) is 0 Å². The molecule has 0 aromatic carbocycles. The fourth-order valence-electron chi connectivity index (χ4n) is 1.04. The first-order valence-corrected chi connectivity index (χ1v) is 4.07. The van der Waals surface area contributed by atoms with Crippen molar-refractivity contribution in [2.75, 3.05) is 5.73 Å². The Morgan fingerprint density at radius 3 is 2.54 bits per heavy atom. The van der Waals surface area contributed by atoms with Gasteiger partial charge in [-0.3, -0.25) is 9.78 Å². The van der Waals surface area contributed by atoms with Crippen LogP contribution >= 0.6 is 0 Å². The molecule has 0 amide bonds. The minimum absolute atomic E-state index is 0.250. The molecule has 0 radical (unpaired) electrons. The van der Waals surface area contributed by atoms with Gasteiger partial charge in [0.05, 0.1) is 11.9 Å². The highest BCUT2D eigenvalue weighted by Gasteiger charge is 2.24. The van der Waals surface area contributed by atoms with Crippen LogP contribution in [0.25, 0.3) is 0 Å². The van der Waals surface area contributed by atoms with Gasteiger partial charge in [-0.25, -0.2) is 0 Å². The van der Waals surface area contributed by atoms with Crippen LogP contribution in [0.15, 0.2) is 18.3 Å². The SMILES string of the molecule is Nc1ccc(C2CC2)nc1.O=CO. The zero-order valence-electron chi connectivity index (χ0n) is 7.18. The molecule has 4 heteroatoms. The van der Waals surface area contributed by atoms with Crippen molar-refractivity contribution in [1.29, 1.82) is 0 Å². The molecule has 1 saturated carbocycles. The minimum Gasteiger partial charge on any atom is -0.483 e. The highest BCUT2D eigenvalue weighted by atomic mass is 16.3. The van der Waals surface area contributed by atoms with Crippen LogP contribution in [0.2, 0.25) is 0 Å². The van der Waals surface area contributed by atoms with Gasteiger partial charge in [0, 0.05) is 11.6 Å². The second-order valence-corrected chi connectivity index (χ2v) is 2.90. The lowest BCUT2D eigenvalue weighted by molar-refractivity contribution is -0.122. The zero-order chi connectivity index (χ0) is 9.68. The van der Waals surface area contributed by atoms with Gasteiger partial charge in [0.1, 0.15) is 0 Å². The quantitative estimate of drug-likeness (QED) is 0.637. The van der Waals surface area contributed by atoms with Crippen molar-refractivity contribution in [3.8, 4) is 0 Å². The standard InChI is InChI=1S/C8H10N2.CH2O2/c9-7-3-4-8(10-5-7)6-1-2-6;2-1-3/h3-6H,1-2,9H2;1H,(H,2,3). The number of nitrogens with two attached hydrogens (primary N) is 1. The molecular formula is C9H12N2O2. The van der Waals surface area contributed by atoms with Gasteiger partial charge in [0.25, 0.3) is 6.47 Å². The molecule has 70 valence electrons. The van der Waals surface area contributed by atoms with Gasteiger partial charge in [-0.15, -0.1) is 0 Å². The Hall–Kier alpha value is -1.58. The summed E-state index contributed by atoms with van der Waals surface area (Å²) in [7, 11) is 0. The van der Waals surface area contributed by atoms with Crippen molar-refractivity contribution in [3.05, 3.63) is 24.0 Å². The fourth-order valence-corrected chi connectivity index (χ4v) is 1.04. The molecule has 1 heterocycles. The number of pyridine rings is 1. The van der Waals surface area contributed by atoms with Crippen molar-refractivity contribution >= 4 is 12.2 Å². The third kappa shape index (κ3) is 3.11. The van der Waals surface area contributed by atoms with E-state index < -0.39 is 0 Å². The first-order chi connectivity index (χ1) is 6.27. The topological polar surface area (TPSA) is 76.2 Å². The number of nitrogens with zero attached hydrogens (tertiary/aromatic N) is 1. The number of rotatable bonds is 1. The molecule has 1 fully saturated rings. The largest absolute Gasteiger partial charge is 0.483 e. The predicted molar refractivity (Wildman–Crippen MR) is 49.3 cm³/mol. The van der Waals surface area contributed by atoms with E-state index in [2.05, 4.69) is 4.98 Å². The number of anilines is 1. The fraction of sp³-hybridized carbons (Fsp3) is 0.333. The lowest BCUT2D eigenvalue weighted by Crippen LogP contribution is -1.89. The van der Waals surface area contributed by atoms with Gasteiger partial charge in [0.15, 0.2) is 0 Å². The van der Waals surface area contributed by atoms with Crippen LogP contribution in [-0.2, 0) is 4.79 Å². The third-order valence-corrected chi connectivity index (χ3v) is 1.80. The van der Waals surface area contributed by atoms with E-state index in [0.717, 1.165) is 11.6 Å². The lowest BCUT2D eigenvalue weighted by Gasteiger charge is -1.95. The van der Waals surface area contributed by atoms with Crippen LogP contribution in [0.5, 0.6) is 0 Å². The summed E-state index contributed by atoms with van der Waals surface area (Å²) in [4.78, 5) is 12.6. The Kier molecular flexibility index (Phi) is 3.25. The number of carbonyl (C=O) groups is 1. The average molecular weight is 180 g/mol. The van der Waals surface area contributed by atoms with Crippen molar-refractivity contribution in [3.63, 3.8) is 0 Å². The molecule has 0 saturated heterocycles. The van der Waals surface area contributed by atoms with E-state index in [4.69, 9.17) is 15.6 Å². The number of hydrogen-bond donors (Lipinski definition) is 2. The lowest BCUT2D eigenvalue weighted by atomic mass is 10.2. The van der Waals surface area contributed by atoms with Crippen molar-refractivity contribution in [2.45, 2.75) is 18.8 Å². The highest BCUT2D eigenvalue weighted by molar-refractivity contribution is 5.35. The smallest absolute Gasteiger partial charge is 0.290 e. The predicted octanol–water partition coefficient (Wildman–Crippen LogP) is 1.24. The molecular weight excluding hydrogens is 168 g/mol. The zero-order valence-corrected chi connectivity index (χ0v) is 7.18. The summed E-state index contributed by atoms with van der Waals surface area (Å²) in [5.41, 5.74) is 7.44. The molecule has 0 atom stereocenters. The molecule has 0 aliphatic heterocycles. The average Bonchev–Trinajstić information content (AvgIpc) is 2.90. The van der Waals surface area contributed by atoms with E-state index in [1.807, 2.05) is 12.1 Å². The summed E-state index contributed by atoms with van der Waals surface area (Å²) in [5, 5.41) is 6.89. The minimum atomic E-state index is -0.250. The Bertz CT molecular complexity index is 267. The van der Waals surface area contributed by atoms with Crippen LogP contribution in [0.1, 0.15) is 24.5 Å². The van der Waals surface area contributed by atoms with E-state index in [1.165, 1.54) is 18.5 Å². The molecule has 0 spiro atoms. The van der Waals surface area contributed by atoms with Crippen molar-refractivity contribution in [2.24, 2.45) is 0 Å². The second kappa shape index (κ2) is 4.45. The summed E-state index contributed by atoms with van der Waals surface area (Å²) in [6.45, 7) is -0.250. The van der Waals surface area contributed by atoms with E-state index in [9.17, 15) is 0 Å². The number of hydrogen-bond acceptors (Lipinski definition) is 3. The van der Waals surface area contributed by atoms with E-state index in [-0.39, 0.29) is 6.47 Å². The van der Waals surface area contributed by atoms with Crippen LogP contribution in [0, 0.1) is 0 Å². The molecule has 1 aliphatic carbocycles. The van der Waals surface area contributed by atoms with Gasteiger partial charge in [0.2, 0.25) is 0 Å². The molecule has 13 heavy (non-hydrogen) atoms. The van der Waals surface area contributed by atoms with Crippen LogP contribution in [-0.4, -0.2) is 16.6 Å². The molecule has 1 aromatic heterocycles. The second-order valence-electron chi connectivity index (χ2n) is 2.90. The third-order valence-electron chi connectivity index (χ3n) is 1.80. The highest BCUT2D eigenvalue weighted by Crippen LogP contribution is 2.38. The summed E-state index contributed by atoms with van der Waals surface area (Å²) < 4.78 is 0. The van der Waals surface area contributed by atoms with Gasteiger partial charge in [-0.1, -0.05) is 0 Å². The number of nitrogen functional groups attached to an aromatic ring is 1. The van der Waals surface area contributed by atoms with Crippen molar-refractivity contribution < 1.29 is 9.90 Å². The van der Waals surface area contributed by atoms with E-state index in [1.54, 1.807) is 6.20 Å². The Labute approximate surface area is 76.4 Å². The molecule has 0 unspecified atom stereocenters. The summed E-state index contributed by atoms with van der Waals surface area (Å²) in [5.74, 6) is 0.737. The molecule has 1 aliphatic rings. The Balaban J connectivity index is 0.000000251. The molecule has 2 rings (SSSR count). The molecule has 0 bridgehead atoms. The van der Waals surface area contributed by atoms with Crippen LogP contribution < -0.4 is 5.73 Å². The van der Waals surface area contributed by atoms with Gasteiger partial charge in [-0.2, -0.15) is 0 Å². The number of carboxylic acid groups (broad SMARTS) is 1. The Morgan fingerprint density at radius 2 is 2.15 bits per heavy atom. The van der Waals surface area contributed by atoms with Crippen LogP contribution in [0.4, 0.5) is 5.69 Å².